The molecule has 0 aliphatic carbocycles. The minimum absolute atomic E-state index is 0.521. The molecule has 0 aliphatic rings. The molecule has 0 N–H and O–H groups in total. The van der Waals surface area contributed by atoms with E-state index >= 15 is 0 Å². The van der Waals surface area contributed by atoms with Gasteiger partial charge in [-0.15, -0.1) is 0 Å². The summed E-state index contributed by atoms with van der Waals surface area (Å²) in [6, 6.07) is 22.1. The van der Waals surface area contributed by atoms with Crippen molar-refractivity contribution in [1.82, 2.24) is 4.57 Å². The Balaban J connectivity index is 1.78. The normalized spacial score (nSPS) is 12.2. The molecule has 35 heavy (non-hydrogen) atoms. The van der Waals surface area contributed by atoms with Crippen molar-refractivity contribution in [2.75, 3.05) is 0 Å². The number of aryl methyl sites for hydroxylation is 1. The average Bonchev–Trinajstić information content (AvgIpc) is 3.20. The number of hydrogen-bond donors (Lipinski definition) is 0. The molecule has 0 saturated carbocycles. The Hall–Kier alpha value is -2.35. The maximum absolute atomic E-state index is 2.69. The zero-order chi connectivity index (χ0) is 24.7. The summed E-state index contributed by atoms with van der Waals surface area (Å²) in [5.41, 5.74) is 4.36. The number of rotatable bonds is 17. The lowest BCUT2D eigenvalue weighted by molar-refractivity contribution is -0.704. The highest BCUT2D eigenvalue weighted by molar-refractivity contribution is 5.22. The van der Waals surface area contributed by atoms with Crippen LogP contribution in [0.4, 0.5) is 0 Å². The van der Waals surface area contributed by atoms with Gasteiger partial charge in [0.2, 0.25) is 0 Å². The molecule has 0 spiro atoms. The first-order chi connectivity index (χ1) is 17.2. The van der Waals surface area contributed by atoms with Crippen molar-refractivity contribution >= 4 is 0 Å². The number of unbranched alkanes of at least 4 members (excludes halogenated alkanes) is 8. The fraction of sp³-hybridized carbons (Fsp3) is 0.545. The lowest BCUT2D eigenvalue weighted by atomic mass is 9.96. The summed E-state index contributed by atoms with van der Waals surface area (Å²) >= 11 is 0. The van der Waals surface area contributed by atoms with E-state index in [0.29, 0.717) is 5.92 Å². The van der Waals surface area contributed by atoms with Crippen LogP contribution in [-0.2, 0) is 25.9 Å². The van der Waals surface area contributed by atoms with Gasteiger partial charge in [0.15, 0.2) is 0 Å². The molecule has 0 aliphatic heterocycles. The molecule has 1 aromatic heterocycles. The molecule has 1 atom stereocenters. The Kier molecular flexibility index (Phi) is 12.1. The first-order valence-corrected chi connectivity index (χ1v) is 14.4. The quantitative estimate of drug-likeness (QED) is 0.137. The molecule has 2 nitrogen and oxygen atoms in total. The van der Waals surface area contributed by atoms with E-state index in [-0.39, 0.29) is 0 Å². The van der Waals surface area contributed by atoms with Crippen LogP contribution in [-0.4, -0.2) is 4.57 Å². The second-order valence-electron chi connectivity index (χ2n) is 10.4. The van der Waals surface area contributed by atoms with Crippen LogP contribution in [0, 0.1) is 0 Å². The Morgan fingerprint density at radius 3 is 1.97 bits per heavy atom. The summed E-state index contributed by atoms with van der Waals surface area (Å²) in [7, 11) is 0. The van der Waals surface area contributed by atoms with E-state index in [2.05, 4.69) is 96.8 Å². The van der Waals surface area contributed by atoms with Gasteiger partial charge in [-0.05, 0) is 36.3 Å². The fourth-order valence-corrected chi connectivity index (χ4v) is 5.19. The molecule has 1 heterocycles. The van der Waals surface area contributed by atoms with Crippen molar-refractivity contribution in [1.29, 1.82) is 0 Å². The summed E-state index contributed by atoms with van der Waals surface area (Å²) < 4.78 is 5.27. The van der Waals surface area contributed by atoms with Crippen LogP contribution in [0.1, 0.15) is 114 Å². The van der Waals surface area contributed by atoms with Crippen LogP contribution < -0.4 is 4.57 Å². The first kappa shape index (κ1) is 27.2. The van der Waals surface area contributed by atoms with E-state index < -0.39 is 0 Å². The van der Waals surface area contributed by atoms with Crippen LogP contribution in [0.5, 0.6) is 0 Å². The van der Waals surface area contributed by atoms with Gasteiger partial charge >= 0.3 is 0 Å². The van der Waals surface area contributed by atoms with Crippen LogP contribution in [0.2, 0.25) is 0 Å². The number of imidazole rings is 1. The third-order valence-corrected chi connectivity index (χ3v) is 7.37. The largest absolute Gasteiger partial charge is 0.261 e. The molecule has 2 aromatic carbocycles. The van der Waals surface area contributed by atoms with Crippen molar-refractivity contribution < 1.29 is 4.57 Å². The van der Waals surface area contributed by atoms with Gasteiger partial charge in [-0.2, -0.15) is 0 Å². The minimum Gasteiger partial charge on any atom is -0.234 e. The Morgan fingerprint density at radius 1 is 0.714 bits per heavy atom. The second-order valence-corrected chi connectivity index (χ2v) is 10.4. The molecule has 1 unspecified atom stereocenters. The van der Waals surface area contributed by atoms with Gasteiger partial charge < -0.3 is 0 Å². The van der Waals surface area contributed by atoms with Crippen molar-refractivity contribution in [3.05, 3.63) is 89.5 Å². The van der Waals surface area contributed by atoms with Crippen molar-refractivity contribution in [3.63, 3.8) is 0 Å². The van der Waals surface area contributed by atoms with Gasteiger partial charge in [-0.3, -0.25) is 0 Å². The summed E-state index contributed by atoms with van der Waals surface area (Å²) in [5.74, 6) is 2.01. The topological polar surface area (TPSA) is 8.81 Å². The summed E-state index contributed by atoms with van der Waals surface area (Å²) in [4.78, 5) is 0. The van der Waals surface area contributed by atoms with Gasteiger partial charge in [-0.25, -0.2) is 9.13 Å². The highest BCUT2D eigenvalue weighted by atomic mass is 15.2. The molecule has 0 fully saturated rings. The number of hydrogen-bond acceptors (Lipinski definition) is 0. The number of benzene rings is 2. The number of nitrogens with zero attached hydrogens (tertiary/aromatic N) is 2. The molecule has 3 aromatic rings. The van der Waals surface area contributed by atoms with E-state index in [9.17, 15) is 0 Å². The third-order valence-electron chi connectivity index (χ3n) is 7.37. The van der Waals surface area contributed by atoms with E-state index in [4.69, 9.17) is 0 Å². The van der Waals surface area contributed by atoms with E-state index in [0.717, 1.165) is 25.9 Å². The Labute approximate surface area is 215 Å². The Morgan fingerprint density at radius 2 is 1.31 bits per heavy atom. The molecule has 2 heteroatoms. The third kappa shape index (κ3) is 8.98. The maximum Gasteiger partial charge on any atom is 0.261 e. The average molecular weight is 474 g/mol. The Bertz CT molecular complexity index is 942. The first-order valence-electron chi connectivity index (χ1n) is 14.4. The SMILES string of the molecule is CCCCCCCCCCn1c(CC(C)c2ccccc2)c[n+](CCCC)c1Cc1ccccc1. The van der Waals surface area contributed by atoms with E-state index in [1.54, 1.807) is 0 Å². The van der Waals surface area contributed by atoms with Crippen molar-refractivity contribution in [2.24, 2.45) is 0 Å². The highest BCUT2D eigenvalue weighted by Crippen LogP contribution is 2.22. The van der Waals surface area contributed by atoms with Gasteiger partial charge in [0.05, 0.1) is 19.5 Å². The van der Waals surface area contributed by atoms with E-state index in [1.165, 1.54) is 86.9 Å². The highest BCUT2D eigenvalue weighted by Gasteiger charge is 2.24. The minimum atomic E-state index is 0.521. The predicted molar refractivity (Wildman–Crippen MR) is 150 cm³/mol. The van der Waals surface area contributed by atoms with Crippen molar-refractivity contribution in [2.45, 2.75) is 117 Å². The molecular weight excluding hydrogens is 424 g/mol. The lowest BCUT2D eigenvalue weighted by Gasteiger charge is -2.12. The van der Waals surface area contributed by atoms with Crippen LogP contribution >= 0.6 is 0 Å². The van der Waals surface area contributed by atoms with E-state index in [1.807, 2.05) is 0 Å². The smallest absolute Gasteiger partial charge is 0.234 e. The zero-order valence-corrected chi connectivity index (χ0v) is 22.7. The van der Waals surface area contributed by atoms with Gasteiger partial charge in [0, 0.05) is 6.42 Å². The molecule has 0 bridgehead atoms. The van der Waals surface area contributed by atoms with Gasteiger partial charge in [0.25, 0.3) is 5.82 Å². The molecule has 0 saturated heterocycles. The van der Waals surface area contributed by atoms with Crippen LogP contribution in [0.3, 0.4) is 0 Å². The second kappa shape index (κ2) is 15.6. The monoisotopic (exact) mass is 473 g/mol. The van der Waals surface area contributed by atoms with Gasteiger partial charge in [-0.1, -0.05) is 126 Å². The van der Waals surface area contributed by atoms with Gasteiger partial charge in [0.1, 0.15) is 11.9 Å². The molecule has 3 rings (SSSR count). The lowest BCUT2D eigenvalue weighted by Crippen LogP contribution is -2.37. The summed E-state index contributed by atoms with van der Waals surface area (Å²) in [6.45, 7) is 9.25. The standard InChI is InChI=1S/C33H49N2/c1-4-6-8-9-10-11-12-19-25-35-32(26-29(3)31-22-17-14-18-23-31)28-34(24-7-5-2)33(35)27-30-20-15-13-16-21-30/h13-18,20-23,28-29H,4-12,19,24-27H2,1-3H3/q+1. The number of aromatic nitrogens is 2. The molecule has 190 valence electrons. The summed E-state index contributed by atoms with van der Waals surface area (Å²) in [6.07, 6.45) is 18.0. The maximum atomic E-state index is 2.69. The molecular formula is C33H49N2+. The van der Waals surface area contributed by atoms with Crippen molar-refractivity contribution in [3.8, 4) is 0 Å². The fourth-order valence-electron chi connectivity index (χ4n) is 5.19. The zero-order valence-electron chi connectivity index (χ0n) is 22.7. The predicted octanol–water partition coefficient (Wildman–Crippen LogP) is 8.65. The molecule has 0 radical (unpaired) electrons. The summed E-state index contributed by atoms with van der Waals surface area (Å²) in [5, 5.41) is 0. The van der Waals surface area contributed by atoms with Crippen LogP contribution in [0.15, 0.2) is 66.9 Å². The van der Waals surface area contributed by atoms with Crippen LogP contribution in [0.25, 0.3) is 0 Å². The molecule has 0 amide bonds.